The average molecular weight is 366 g/mol. The Morgan fingerprint density at radius 1 is 1.12 bits per heavy atom. The highest BCUT2D eigenvalue weighted by Gasteiger charge is 2.84. The lowest BCUT2D eigenvalue weighted by molar-refractivity contribution is -0.219. The van der Waals surface area contributed by atoms with Crippen LogP contribution in [0.5, 0.6) is 0 Å². The Balaban J connectivity index is 1.94. The maximum atomic E-state index is 11.9. The van der Waals surface area contributed by atoms with Crippen molar-refractivity contribution in [2.45, 2.75) is 63.1 Å². The van der Waals surface area contributed by atoms with E-state index in [4.69, 9.17) is 0 Å². The normalized spacial score (nSPS) is 57.3. The van der Waals surface area contributed by atoms with Gasteiger partial charge in [-0.1, -0.05) is 32.9 Å². The third kappa shape index (κ3) is 1.74. The molecule has 4 aliphatic rings. The second kappa shape index (κ2) is 4.99. The van der Waals surface area contributed by atoms with Crippen LogP contribution >= 0.6 is 0 Å². The number of rotatable bonds is 1. The molecule has 0 unspecified atom stereocenters. The summed E-state index contributed by atoms with van der Waals surface area (Å²) in [4.78, 5) is 0. The fourth-order valence-corrected chi connectivity index (χ4v) is 6.62. The molecule has 6 N–H and O–H groups in total. The summed E-state index contributed by atoms with van der Waals surface area (Å²) in [5.74, 6) is -2.48. The van der Waals surface area contributed by atoms with Crippen LogP contribution in [0.2, 0.25) is 0 Å². The lowest BCUT2D eigenvalue weighted by Crippen LogP contribution is -2.65. The predicted octanol–water partition coefficient (Wildman–Crippen LogP) is -0.278. The van der Waals surface area contributed by atoms with Crippen molar-refractivity contribution in [3.8, 4) is 0 Å². The summed E-state index contributed by atoms with van der Waals surface area (Å²) in [6.45, 7) is 6.84. The summed E-state index contributed by atoms with van der Waals surface area (Å²) >= 11 is 0. The monoisotopic (exact) mass is 366 g/mol. The molecule has 4 rings (SSSR count). The van der Waals surface area contributed by atoms with E-state index in [1.807, 2.05) is 13.8 Å². The molecular formula is C20H30O6. The van der Waals surface area contributed by atoms with Crippen molar-refractivity contribution in [2.24, 2.45) is 29.1 Å². The standard InChI is InChI=1S/C20H30O6/c1-9-5-13-18(24,15(9)22)7-11(8-21)6-12-14-17(3,4)20(14,26)16(23)10(2)19(12,13)25/h5-6,10,12-16,21-26H,7-8H2,1-4H3/t10-,12+,13-,14-,15+,16-,18-,19-,20-/m1/s1. The van der Waals surface area contributed by atoms with Gasteiger partial charge in [0, 0.05) is 35.5 Å². The largest absolute Gasteiger partial charge is 0.392 e. The number of aliphatic hydroxyl groups excluding tert-OH is 3. The van der Waals surface area contributed by atoms with Crippen LogP contribution in [0.3, 0.4) is 0 Å². The maximum absolute atomic E-state index is 11.9. The minimum atomic E-state index is -1.65. The minimum absolute atomic E-state index is 0.0381. The predicted molar refractivity (Wildman–Crippen MR) is 93.8 cm³/mol. The second-order valence-corrected chi connectivity index (χ2v) is 9.61. The summed E-state index contributed by atoms with van der Waals surface area (Å²) in [5, 5.41) is 65.8. The van der Waals surface area contributed by atoms with Gasteiger partial charge in [0.2, 0.25) is 0 Å². The van der Waals surface area contributed by atoms with Gasteiger partial charge in [0.05, 0.1) is 18.3 Å². The van der Waals surface area contributed by atoms with E-state index in [-0.39, 0.29) is 13.0 Å². The quantitative estimate of drug-likeness (QED) is 0.355. The van der Waals surface area contributed by atoms with Crippen LogP contribution in [0.25, 0.3) is 0 Å². The van der Waals surface area contributed by atoms with Gasteiger partial charge in [0.25, 0.3) is 0 Å². The number of aliphatic hydroxyl groups is 6. The van der Waals surface area contributed by atoms with E-state index in [2.05, 4.69) is 0 Å². The lowest BCUT2D eigenvalue weighted by atomic mass is 9.59. The smallest absolute Gasteiger partial charge is 0.107 e. The van der Waals surface area contributed by atoms with Crippen molar-refractivity contribution in [1.82, 2.24) is 0 Å². The SMILES string of the molecule is CC1=C[C@@H]2[C@](O)(CC(CO)=C[C@H]3[C@@H]4C(C)(C)[C@]4(O)[C@H](O)[C@@H](C)[C@]23O)[C@H]1O. The van der Waals surface area contributed by atoms with E-state index >= 15 is 0 Å². The van der Waals surface area contributed by atoms with Crippen LogP contribution in [0.1, 0.15) is 34.1 Å². The topological polar surface area (TPSA) is 121 Å². The van der Waals surface area contributed by atoms with E-state index < -0.39 is 58.1 Å². The zero-order chi connectivity index (χ0) is 19.4. The summed E-state index contributed by atoms with van der Waals surface area (Å²) in [7, 11) is 0. The van der Waals surface area contributed by atoms with Gasteiger partial charge in [-0.05, 0) is 18.1 Å². The third-order valence-corrected chi connectivity index (χ3v) is 8.25. The van der Waals surface area contributed by atoms with Gasteiger partial charge in [0.15, 0.2) is 0 Å². The molecule has 26 heavy (non-hydrogen) atoms. The average Bonchev–Trinajstić information content (AvgIpc) is 2.97. The van der Waals surface area contributed by atoms with Crippen LogP contribution in [-0.4, -0.2) is 66.3 Å². The molecule has 146 valence electrons. The highest BCUT2D eigenvalue weighted by Crippen LogP contribution is 2.75. The second-order valence-electron chi connectivity index (χ2n) is 9.61. The van der Waals surface area contributed by atoms with Gasteiger partial charge >= 0.3 is 0 Å². The van der Waals surface area contributed by atoms with Gasteiger partial charge in [0.1, 0.15) is 17.3 Å². The van der Waals surface area contributed by atoms with Crippen molar-refractivity contribution in [3.63, 3.8) is 0 Å². The van der Waals surface area contributed by atoms with Crippen molar-refractivity contribution < 1.29 is 30.6 Å². The molecule has 9 atom stereocenters. The molecule has 2 saturated carbocycles. The first-order valence-corrected chi connectivity index (χ1v) is 9.40. The first-order valence-electron chi connectivity index (χ1n) is 9.40. The van der Waals surface area contributed by atoms with Crippen molar-refractivity contribution in [3.05, 3.63) is 23.3 Å². The van der Waals surface area contributed by atoms with Gasteiger partial charge in [-0.3, -0.25) is 0 Å². The Labute approximate surface area is 153 Å². The lowest BCUT2D eigenvalue weighted by Gasteiger charge is -2.52. The highest BCUT2D eigenvalue weighted by atomic mass is 16.4. The molecule has 0 spiro atoms. The molecule has 4 aliphatic carbocycles. The Hall–Kier alpha value is -0.760. The van der Waals surface area contributed by atoms with E-state index in [0.717, 1.165) is 0 Å². The molecule has 0 saturated heterocycles. The Kier molecular flexibility index (Phi) is 3.57. The summed E-state index contributed by atoms with van der Waals surface area (Å²) in [6, 6.07) is 0. The molecule has 0 aromatic rings. The van der Waals surface area contributed by atoms with E-state index in [9.17, 15) is 30.6 Å². The minimum Gasteiger partial charge on any atom is -0.392 e. The van der Waals surface area contributed by atoms with Crippen LogP contribution in [0.4, 0.5) is 0 Å². The molecule has 0 amide bonds. The van der Waals surface area contributed by atoms with Crippen molar-refractivity contribution >= 4 is 0 Å². The van der Waals surface area contributed by atoms with Crippen LogP contribution in [0, 0.1) is 29.1 Å². The van der Waals surface area contributed by atoms with Gasteiger partial charge < -0.3 is 30.6 Å². The zero-order valence-corrected chi connectivity index (χ0v) is 15.7. The molecule has 0 bridgehead atoms. The van der Waals surface area contributed by atoms with Gasteiger partial charge in [-0.2, -0.15) is 0 Å². The highest BCUT2D eigenvalue weighted by molar-refractivity contribution is 5.41. The van der Waals surface area contributed by atoms with E-state index in [1.165, 1.54) is 0 Å². The first kappa shape index (κ1) is 18.6. The fraction of sp³-hybridized carbons (Fsp3) is 0.800. The molecule has 6 nitrogen and oxygen atoms in total. The third-order valence-electron chi connectivity index (χ3n) is 8.25. The fourth-order valence-electron chi connectivity index (χ4n) is 6.62. The summed E-state index contributed by atoms with van der Waals surface area (Å²) < 4.78 is 0. The summed E-state index contributed by atoms with van der Waals surface area (Å²) in [6.07, 6.45) is 1.20. The molecule has 0 heterocycles. The molecule has 6 heteroatoms. The summed E-state index contributed by atoms with van der Waals surface area (Å²) in [5.41, 5.74) is -4.01. The number of hydrogen-bond acceptors (Lipinski definition) is 6. The molecule has 0 aromatic heterocycles. The molecule has 0 aromatic carbocycles. The Bertz CT molecular complexity index is 713. The van der Waals surface area contributed by atoms with E-state index in [1.54, 1.807) is 26.0 Å². The molecule has 0 aliphatic heterocycles. The van der Waals surface area contributed by atoms with Crippen molar-refractivity contribution in [2.75, 3.05) is 6.61 Å². The Morgan fingerprint density at radius 2 is 1.73 bits per heavy atom. The Morgan fingerprint density at radius 3 is 2.31 bits per heavy atom. The van der Waals surface area contributed by atoms with E-state index in [0.29, 0.717) is 11.1 Å². The van der Waals surface area contributed by atoms with Crippen LogP contribution in [0.15, 0.2) is 23.3 Å². The van der Waals surface area contributed by atoms with Crippen LogP contribution < -0.4 is 0 Å². The van der Waals surface area contributed by atoms with Gasteiger partial charge in [-0.25, -0.2) is 0 Å². The maximum Gasteiger partial charge on any atom is 0.107 e. The number of fused-ring (bicyclic) bond motifs is 5. The first-order chi connectivity index (χ1) is 11.9. The molecular weight excluding hydrogens is 336 g/mol. The van der Waals surface area contributed by atoms with Gasteiger partial charge in [-0.15, -0.1) is 0 Å². The van der Waals surface area contributed by atoms with Crippen molar-refractivity contribution in [1.29, 1.82) is 0 Å². The zero-order valence-electron chi connectivity index (χ0n) is 15.7. The molecule has 2 fully saturated rings. The molecule has 0 radical (unpaired) electrons. The number of hydrogen-bond donors (Lipinski definition) is 6. The van der Waals surface area contributed by atoms with Crippen LogP contribution in [-0.2, 0) is 0 Å².